The van der Waals surface area contributed by atoms with Crippen LogP contribution in [-0.2, 0) is 23.0 Å². The Labute approximate surface area is 232 Å². The van der Waals surface area contributed by atoms with Crippen molar-refractivity contribution >= 4 is 34.3 Å². The molecule has 3 aliphatic rings. The number of ether oxygens (including phenoxy) is 1. The first-order valence-electron chi connectivity index (χ1n) is 13.8. The lowest BCUT2D eigenvalue weighted by atomic mass is 9.88. The van der Waals surface area contributed by atoms with Gasteiger partial charge in [0.05, 0.1) is 6.61 Å². The van der Waals surface area contributed by atoms with Gasteiger partial charge in [-0.1, -0.05) is 6.07 Å². The summed E-state index contributed by atoms with van der Waals surface area (Å²) in [6.45, 7) is 0.449. The van der Waals surface area contributed by atoms with E-state index in [1.807, 2.05) is 67.0 Å². The highest BCUT2D eigenvalue weighted by Crippen LogP contribution is 2.61. The molecular weight excluding hydrogens is 505 g/mol. The summed E-state index contributed by atoms with van der Waals surface area (Å²) < 4.78 is 19.3. The minimum atomic E-state index is -1.24. The average molecular weight is 536 g/mol. The molecule has 0 unspecified atom stereocenters. The van der Waals surface area contributed by atoms with E-state index in [1.54, 1.807) is 12.4 Å². The van der Waals surface area contributed by atoms with Crippen LogP contribution < -0.4 is 16.0 Å². The summed E-state index contributed by atoms with van der Waals surface area (Å²) in [5.74, 6) is 0.168. The van der Waals surface area contributed by atoms with E-state index < -0.39 is 6.36 Å². The van der Waals surface area contributed by atoms with E-state index in [-0.39, 0.29) is 11.3 Å². The van der Waals surface area contributed by atoms with Gasteiger partial charge in [0.1, 0.15) is 0 Å². The number of alkyl halides is 1. The van der Waals surface area contributed by atoms with Gasteiger partial charge in [-0.2, -0.15) is 0 Å². The molecule has 1 amide bonds. The smallest absolute Gasteiger partial charge is 0.255 e. The van der Waals surface area contributed by atoms with Crippen LogP contribution in [0.1, 0.15) is 46.3 Å². The number of anilines is 5. The second kappa shape index (κ2) is 10.0. The van der Waals surface area contributed by atoms with E-state index in [4.69, 9.17) is 4.74 Å². The fourth-order valence-electron chi connectivity index (χ4n) is 6.25. The number of rotatable bonds is 5. The zero-order valence-electron chi connectivity index (χ0n) is 22.0. The maximum absolute atomic E-state index is 14.1. The lowest BCUT2D eigenvalue weighted by molar-refractivity contribution is -0.0775. The molecule has 1 saturated carbocycles. The number of halogens is 1. The fourth-order valence-corrected chi connectivity index (χ4v) is 6.25. The van der Waals surface area contributed by atoms with Gasteiger partial charge >= 0.3 is 0 Å². The molecule has 0 spiro atoms. The third-order valence-electron chi connectivity index (χ3n) is 8.49. The Hall–Kier alpha value is -4.30. The van der Waals surface area contributed by atoms with Gasteiger partial charge < -0.3 is 20.7 Å². The number of aryl methyl sites for hydroxylation is 1. The Bertz CT molecular complexity index is 1580. The topological polar surface area (TPSA) is 88.2 Å². The standard InChI is InChI=1S/C32H30FN5O2/c33-30-16-32(15-22(32)19-40-30)25-18-35-14-12-29(25)36-23-9-7-20(8-10-23)31(39)38-28-6-2-5-27-24(28)4-1-3-21-17-34-13-11-26(21)37-27/h2,5-14,17-18,22,30,37H,1,3-4,15-16,19H2,(H,35,36)(H,38,39)/t22-,30+,32-/m1/s1. The molecule has 2 aromatic heterocycles. The van der Waals surface area contributed by atoms with E-state index in [9.17, 15) is 9.18 Å². The van der Waals surface area contributed by atoms with E-state index in [1.165, 1.54) is 5.56 Å². The van der Waals surface area contributed by atoms with Crippen LogP contribution in [0.15, 0.2) is 79.4 Å². The number of aromatic nitrogens is 2. The van der Waals surface area contributed by atoms with Crippen LogP contribution >= 0.6 is 0 Å². The number of hydrogen-bond donors (Lipinski definition) is 3. The van der Waals surface area contributed by atoms with Crippen LogP contribution in [0.25, 0.3) is 0 Å². The van der Waals surface area contributed by atoms with Crippen LogP contribution in [0, 0.1) is 5.92 Å². The molecule has 40 heavy (non-hydrogen) atoms. The van der Waals surface area contributed by atoms with Gasteiger partial charge in [0, 0.05) is 76.2 Å². The van der Waals surface area contributed by atoms with E-state index in [0.717, 1.165) is 65.2 Å². The van der Waals surface area contributed by atoms with Crippen LogP contribution in [0.2, 0.25) is 0 Å². The molecule has 3 N–H and O–H groups in total. The average Bonchev–Trinajstić information content (AvgIpc) is 3.69. The number of fused-ring (bicyclic) bond motifs is 3. The van der Waals surface area contributed by atoms with Crippen molar-refractivity contribution < 1.29 is 13.9 Å². The molecule has 0 bridgehead atoms. The van der Waals surface area contributed by atoms with Crippen molar-refractivity contribution in [3.8, 4) is 0 Å². The summed E-state index contributed by atoms with van der Waals surface area (Å²) in [6, 6.07) is 17.3. The number of nitrogens with one attached hydrogen (secondary N) is 3. The molecule has 7 nitrogen and oxygen atoms in total. The molecule has 8 heteroatoms. The molecule has 4 aromatic rings. The summed E-state index contributed by atoms with van der Waals surface area (Å²) >= 11 is 0. The van der Waals surface area contributed by atoms with Crippen molar-refractivity contribution in [1.29, 1.82) is 0 Å². The minimum Gasteiger partial charge on any atom is -0.355 e. The van der Waals surface area contributed by atoms with Gasteiger partial charge in [-0.25, -0.2) is 4.39 Å². The number of nitrogens with zero attached hydrogens (tertiary/aromatic N) is 2. The zero-order chi connectivity index (χ0) is 27.1. The predicted octanol–water partition coefficient (Wildman–Crippen LogP) is 6.68. The van der Waals surface area contributed by atoms with Gasteiger partial charge in [0.25, 0.3) is 5.91 Å². The molecule has 3 atom stereocenters. The molecule has 2 aliphatic heterocycles. The molecule has 1 saturated heterocycles. The Balaban J connectivity index is 1.07. The van der Waals surface area contributed by atoms with Crippen molar-refractivity contribution in [2.75, 3.05) is 22.6 Å². The van der Waals surface area contributed by atoms with Crippen LogP contribution in [-0.4, -0.2) is 28.8 Å². The van der Waals surface area contributed by atoms with Crippen LogP contribution in [0.5, 0.6) is 0 Å². The summed E-state index contributed by atoms with van der Waals surface area (Å²) in [5.41, 5.74) is 8.32. The summed E-state index contributed by atoms with van der Waals surface area (Å²) in [7, 11) is 0. The second-order valence-electron chi connectivity index (χ2n) is 10.9. The van der Waals surface area contributed by atoms with Crippen molar-refractivity contribution in [2.45, 2.75) is 43.9 Å². The molecule has 2 fully saturated rings. The largest absolute Gasteiger partial charge is 0.355 e. The number of carbonyl (C=O) groups excluding carboxylic acids is 1. The number of benzene rings is 2. The minimum absolute atomic E-state index is 0.160. The van der Waals surface area contributed by atoms with Gasteiger partial charge in [0.15, 0.2) is 6.36 Å². The number of amides is 1. The maximum atomic E-state index is 14.1. The Morgan fingerprint density at radius 2 is 1.80 bits per heavy atom. The van der Waals surface area contributed by atoms with E-state index in [2.05, 4.69) is 25.9 Å². The summed E-state index contributed by atoms with van der Waals surface area (Å²) in [5, 5.41) is 10.1. The van der Waals surface area contributed by atoms with Gasteiger partial charge in [-0.05, 0) is 91.3 Å². The lowest BCUT2D eigenvalue weighted by Crippen LogP contribution is -2.27. The fraction of sp³-hybridized carbons (Fsp3) is 0.281. The van der Waals surface area contributed by atoms with Crippen molar-refractivity contribution in [1.82, 2.24) is 9.97 Å². The van der Waals surface area contributed by atoms with Crippen LogP contribution in [0.3, 0.4) is 0 Å². The Morgan fingerprint density at radius 3 is 2.70 bits per heavy atom. The Kier molecular flexibility index (Phi) is 6.20. The van der Waals surface area contributed by atoms with Crippen molar-refractivity contribution in [2.24, 2.45) is 5.92 Å². The SMILES string of the molecule is O=C(Nc1cccc2c1CCCc1cnccc1N2)c1ccc(Nc2ccncc2[C@@]23C[C@@H]2CO[C@H](F)C3)cc1. The van der Waals surface area contributed by atoms with Crippen molar-refractivity contribution in [3.63, 3.8) is 0 Å². The lowest BCUT2D eigenvalue weighted by Gasteiger charge is -2.27. The number of carbonyl (C=O) groups is 1. The third kappa shape index (κ3) is 4.58. The number of pyridine rings is 2. The normalized spacial score (nSPS) is 22.8. The monoisotopic (exact) mass is 535 g/mol. The molecule has 2 aromatic carbocycles. The highest BCUT2D eigenvalue weighted by atomic mass is 19.1. The maximum Gasteiger partial charge on any atom is 0.255 e. The molecular formula is C32H30FN5O2. The first-order chi connectivity index (χ1) is 19.6. The van der Waals surface area contributed by atoms with Gasteiger partial charge in [0.2, 0.25) is 0 Å². The third-order valence-corrected chi connectivity index (χ3v) is 8.49. The highest BCUT2D eigenvalue weighted by Gasteiger charge is 2.60. The number of hydrogen-bond acceptors (Lipinski definition) is 6. The molecule has 1 aliphatic carbocycles. The predicted molar refractivity (Wildman–Crippen MR) is 153 cm³/mol. The van der Waals surface area contributed by atoms with Crippen molar-refractivity contribution in [3.05, 3.63) is 102 Å². The highest BCUT2D eigenvalue weighted by molar-refractivity contribution is 6.05. The second-order valence-corrected chi connectivity index (χ2v) is 10.9. The van der Waals surface area contributed by atoms with E-state index in [0.29, 0.717) is 24.5 Å². The summed E-state index contributed by atoms with van der Waals surface area (Å²) in [6.07, 6.45) is 10.1. The van der Waals surface area contributed by atoms with Crippen LogP contribution in [0.4, 0.5) is 32.8 Å². The molecule has 4 heterocycles. The molecule has 202 valence electrons. The van der Waals surface area contributed by atoms with E-state index >= 15 is 0 Å². The Morgan fingerprint density at radius 1 is 0.950 bits per heavy atom. The molecule has 7 rings (SSSR count). The first kappa shape index (κ1) is 24.7. The quantitative estimate of drug-likeness (QED) is 0.264. The zero-order valence-corrected chi connectivity index (χ0v) is 22.0. The first-order valence-corrected chi connectivity index (χ1v) is 13.8. The van der Waals surface area contributed by atoms with Gasteiger partial charge in [-0.3, -0.25) is 14.8 Å². The van der Waals surface area contributed by atoms with Gasteiger partial charge in [-0.15, -0.1) is 0 Å². The summed E-state index contributed by atoms with van der Waals surface area (Å²) in [4.78, 5) is 21.8. The molecule has 0 radical (unpaired) electrons.